The van der Waals surface area contributed by atoms with Crippen molar-refractivity contribution >= 4 is 5.91 Å². The summed E-state index contributed by atoms with van der Waals surface area (Å²) >= 11 is 0. The molecule has 0 aromatic carbocycles. The van der Waals surface area contributed by atoms with Crippen LogP contribution in [0.1, 0.15) is 32.1 Å². The monoisotopic (exact) mass is 196 g/mol. The Bertz CT molecular complexity index is 195. The maximum Gasteiger partial charge on any atom is 0.224 e. The Morgan fingerprint density at radius 2 is 2.14 bits per heavy atom. The summed E-state index contributed by atoms with van der Waals surface area (Å²) in [4.78, 5) is 11.7. The van der Waals surface area contributed by atoms with Gasteiger partial charge in [-0.25, -0.2) is 0 Å². The van der Waals surface area contributed by atoms with Crippen LogP contribution in [-0.2, 0) is 4.79 Å². The molecule has 0 spiro atoms. The van der Waals surface area contributed by atoms with Crippen LogP contribution in [0.5, 0.6) is 0 Å². The summed E-state index contributed by atoms with van der Waals surface area (Å²) in [5, 5.41) is 6.35. The van der Waals surface area contributed by atoms with Crippen molar-refractivity contribution in [2.75, 3.05) is 19.6 Å². The number of carbonyl (C=O) groups excluding carboxylic acids is 1. The molecule has 0 aromatic heterocycles. The van der Waals surface area contributed by atoms with Crippen LogP contribution in [-0.4, -0.2) is 25.5 Å². The van der Waals surface area contributed by atoms with Crippen LogP contribution in [0.4, 0.5) is 0 Å². The van der Waals surface area contributed by atoms with Gasteiger partial charge in [0.05, 0.1) is 5.92 Å². The zero-order chi connectivity index (χ0) is 9.80. The molecule has 2 fully saturated rings. The molecule has 2 N–H and O–H groups in total. The van der Waals surface area contributed by atoms with Gasteiger partial charge in [-0.15, -0.1) is 0 Å². The molecule has 80 valence electrons. The van der Waals surface area contributed by atoms with Crippen LogP contribution < -0.4 is 10.6 Å². The molecule has 0 bridgehead atoms. The molecule has 3 nitrogen and oxygen atoms in total. The van der Waals surface area contributed by atoms with Crippen LogP contribution in [0.3, 0.4) is 0 Å². The van der Waals surface area contributed by atoms with E-state index in [9.17, 15) is 4.79 Å². The average molecular weight is 196 g/mol. The molecule has 1 saturated carbocycles. The lowest BCUT2D eigenvalue weighted by molar-refractivity contribution is -0.125. The van der Waals surface area contributed by atoms with Crippen LogP contribution in [0.25, 0.3) is 0 Å². The van der Waals surface area contributed by atoms with Gasteiger partial charge in [-0.2, -0.15) is 0 Å². The van der Waals surface area contributed by atoms with Crippen molar-refractivity contribution in [3.63, 3.8) is 0 Å². The van der Waals surface area contributed by atoms with E-state index >= 15 is 0 Å². The van der Waals surface area contributed by atoms with E-state index in [0.717, 1.165) is 38.4 Å². The van der Waals surface area contributed by atoms with E-state index < -0.39 is 0 Å². The molecular formula is C11H20N2O. The molecular weight excluding hydrogens is 176 g/mol. The Labute approximate surface area is 85.6 Å². The zero-order valence-electron chi connectivity index (χ0n) is 8.72. The van der Waals surface area contributed by atoms with Gasteiger partial charge in [-0.3, -0.25) is 4.79 Å². The van der Waals surface area contributed by atoms with Crippen LogP contribution in [0.2, 0.25) is 0 Å². The molecule has 0 unspecified atom stereocenters. The smallest absolute Gasteiger partial charge is 0.224 e. The third-order valence-corrected chi connectivity index (χ3v) is 3.46. The Balaban J connectivity index is 1.65. The van der Waals surface area contributed by atoms with Gasteiger partial charge in [0.25, 0.3) is 0 Å². The maximum atomic E-state index is 11.7. The molecule has 1 heterocycles. The van der Waals surface area contributed by atoms with Crippen molar-refractivity contribution in [3.05, 3.63) is 0 Å². The highest BCUT2D eigenvalue weighted by Crippen LogP contribution is 2.25. The van der Waals surface area contributed by atoms with E-state index in [-0.39, 0.29) is 11.8 Å². The van der Waals surface area contributed by atoms with Crippen molar-refractivity contribution < 1.29 is 4.79 Å². The summed E-state index contributed by atoms with van der Waals surface area (Å²) in [6, 6.07) is 0. The fourth-order valence-electron chi connectivity index (χ4n) is 2.16. The zero-order valence-corrected chi connectivity index (χ0v) is 8.72. The number of carbonyl (C=O) groups is 1. The highest BCUT2D eigenvalue weighted by atomic mass is 16.1. The molecule has 1 atom stereocenters. The lowest BCUT2D eigenvalue weighted by Gasteiger charge is -2.27. The van der Waals surface area contributed by atoms with Gasteiger partial charge >= 0.3 is 0 Å². The molecule has 3 heteroatoms. The quantitative estimate of drug-likeness (QED) is 0.704. The first-order valence-electron chi connectivity index (χ1n) is 5.84. The summed E-state index contributed by atoms with van der Waals surface area (Å²) < 4.78 is 0. The van der Waals surface area contributed by atoms with Gasteiger partial charge in [-0.1, -0.05) is 6.42 Å². The lowest BCUT2D eigenvalue weighted by Crippen LogP contribution is -2.42. The van der Waals surface area contributed by atoms with Crippen LogP contribution in [0.15, 0.2) is 0 Å². The minimum Gasteiger partial charge on any atom is -0.356 e. The molecule has 1 aliphatic heterocycles. The van der Waals surface area contributed by atoms with E-state index in [4.69, 9.17) is 0 Å². The standard InChI is InChI=1S/C11H20N2O/c14-11(10-5-2-6-12-8-10)13-7-9-3-1-4-9/h9-10,12H,1-8H2,(H,13,14)/t10-/m1/s1. The van der Waals surface area contributed by atoms with Gasteiger partial charge in [-0.05, 0) is 38.1 Å². The molecule has 1 amide bonds. The first kappa shape index (κ1) is 9.97. The predicted molar refractivity (Wildman–Crippen MR) is 55.9 cm³/mol. The molecule has 1 aliphatic carbocycles. The number of nitrogens with one attached hydrogen (secondary N) is 2. The highest BCUT2D eigenvalue weighted by molar-refractivity contribution is 5.78. The van der Waals surface area contributed by atoms with E-state index in [2.05, 4.69) is 10.6 Å². The van der Waals surface area contributed by atoms with Crippen molar-refractivity contribution in [1.82, 2.24) is 10.6 Å². The minimum absolute atomic E-state index is 0.226. The summed E-state index contributed by atoms with van der Waals surface area (Å²) in [6.07, 6.45) is 6.17. The number of rotatable bonds is 3. The summed E-state index contributed by atoms with van der Waals surface area (Å²) in [5.41, 5.74) is 0. The van der Waals surface area contributed by atoms with Gasteiger partial charge in [0.15, 0.2) is 0 Å². The second-order valence-corrected chi connectivity index (χ2v) is 4.59. The number of piperidine rings is 1. The molecule has 0 aromatic rings. The van der Waals surface area contributed by atoms with Crippen molar-refractivity contribution in [1.29, 1.82) is 0 Å². The molecule has 0 radical (unpaired) electrons. The fraction of sp³-hybridized carbons (Fsp3) is 0.909. The van der Waals surface area contributed by atoms with Gasteiger partial charge in [0.2, 0.25) is 5.91 Å². The molecule has 1 saturated heterocycles. The second kappa shape index (κ2) is 4.78. The van der Waals surface area contributed by atoms with Gasteiger partial charge in [0, 0.05) is 13.1 Å². The van der Waals surface area contributed by atoms with E-state index in [0.29, 0.717) is 0 Å². The first-order valence-corrected chi connectivity index (χ1v) is 5.84. The predicted octanol–water partition coefficient (Wildman–Crippen LogP) is 0.902. The third-order valence-electron chi connectivity index (χ3n) is 3.46. The SMILES string of the molecule is O=C(NCC1CCC1)[C@@H]1CCCNC1. The molecule has 2 rings (SSSR count). The van der Waals surface area contributed by atoms with Crippen molar-refractivity contribution in [2.45, 2.75) is 32.1 Å². The van der Waals surface area contributed by atoms with E-state index in [1.165, 1.54) is 19.3 Å². The second-order valence-electron chi connectivity index (χ2n) is 4.59. The Morgan fingerprint density at radius 3 is 2.71 bits per heavy atom. The maximum absolute atomic E-state index is 11.7. The Kier molecular flexibility index (Phi) is 3.40. The summed E-state index contributed by atoms with van der Waals surface area (Å²) in [7, 11) is 0. The normalized spacial score (nSPS) is 28.1. The van der Waals surface area contributed by atoms with E-state index in [1.807, 2.05) is 0 Å². The lowest BCUT2D eigenvalue weighted by atomic mass is 9.85. The summed E-state index contributed by atoms with van der Waals surface area (Å²) in [6.45, 7) is 2.86. The first-order chi connectivity index (χ1) is 6.86. The van der Waals surface area contributed by atoms with Crippen LogP contribution >= 0.6 is 0 Å². The average Bonchev–Trinajstić information content (AvgIpc) is 2.16. The molecule has 2 aliphatic rings. The fourth-order valence-corrected chi connectivity index (χ4v) is 2.16. The van der Waals surface area contributed by atoms with Crippen molar-refractivity contribution in [3.8, 4) is 0 Å². The highest BCUT2D eigenvalue weighted by Gasteiger charge is 2.23. The van der Waals surface area contributed by atoms with Gasteiger partial charge in [0.1, 0.15) is 0 Å². The minimum atomic E-state index is 0.226. The van der Waals surface area contributed by atoms with Crippen molar-refractivity contribution in [2.24, 2.45) is 11.8 Å². The third kappa shape index (κ3) is 2.47. The largest absolute Gasteiger partial charge is 0.356 e. The summed E-state index contributed by atoms with van der Waals surface area (Å²) in [5.74, 6) is 1.27. The topological polar surface area (TPSA) is 41.1 Å². The Morgan fingerprint density at radius 1 is 1.29 bits per heavy atom. The number of amides is 1. The van der Waals surface area contributed by atoms with Gasteiger partial charge < -0.3 is 10.6 Å². The number of hydrogen-bond acceptors (Lipinski definition) is 2. The Hall–Kier alpha value is -0.570. The molecule has 14 heavy (non-hydrogen) atoms. The van der Waals surface area contributed by atoms with Crippen LogP contribution in [0, 0.1) is 11.8 Å². The number of hydrogen-bond donors (Lipinski definition) is 2. The van der Waals surface area contributed by atoms with E-state index in [1.54, 1.807) is 0 Å².